The van der Waals surface area contributed by atoms with E-state index in [1.165, 1.54) is 12.8 Å². The van der Waals surface area contributed by atoms with Crippen LogP contribution in [-0.4, -0.2) is 29.8 Å². The Morgan fingerprint density at radius 3 is 2.95 bits per heavy atom. The number of nitrogens with zero attached hydrogens (tertiary/aromatic N) is 1. The van der Waals surface area contributed by atoms with Gasteiger partial charge in [-0.3, -0.25) is 9.59 Å². The highest BCUT2D eigenvalue weighted by Gasteiger charge is 2.27. The standard InChI is InChI=1S/C16H16N2O2/c1-2-7-18(10-11-3-4-11)16(20)12-5-6-14-13(8-12)9-15(19)17-14/h1,5-6,8,11H,3-4,7,9-10H2,(H,17,19). The molecule has 20 heavy (non-hydrogen) atoms. The van der Waals surface area contributed by atoms with Gasteiger partial charge in [0.1, 0.15) is 0 Å². The lowest BCUT2D eigenvalue weighted by molar-refractivity contribution is -0.115. The fourth-order valence-electron chi connectivity index (χ4n) is 2.49. The quantitative estimate of drug-likeness (QED) is 0.844. The van der Waals surface area contributed by atoms with E-state index in [1.54, 1.807) is 23.1 Å². The molecule has 0 atom stereocenters. The highest BCUT2D eigenvalue weighted by atomic mass is 16.2. The van der Waals surface area contributed by atoms with Crippen LogP contribution >= 0.6 is 0 Å². The lowest BCUT2D eigenvalue weighted by atomic mass is 10.1. The molecule has 1 aliphatic heterocycles. The molecule has 1 aromatic rings. The summed E-state index contributed by atoms with van der Waals surface area (Å²) in [4.78, 5) is 25.6. The molecule has 1 fully saturated rings. The minimum atomic E-state index is -0.0444. The summed E-state index contributed by atoms with van der Waals surface area (Å²) in [6.07, 6.45) is 8.05. The van der Waals surface area contributed by atoms with Gasteiger partial charge in [0.2, 0.25) is 5.91 Å². The summed E-state index contributed by atoms with van der Waals surface area (Å²) in [7, 11) is 0. The Morgan fingerprint density at radius 1 is 1.45 bits per heavy atom. The fraction of sp³-hybridized carbons (Fsp3) is 0.375. The number of rotatable bonds is 4. The molecule has 1 N–H and O–H groups in total. The number of benzene rings is 1. The molecule has 0 saturated heterocycles. The Kier molecular flexibility index (Phi) is 3.19. The van der Waals surface area contributed by atoms with Gasteiger partial charge in [0.15, 0.2) is 0 Å². The van der Waals surface area contributed by atoms with Crippen LogP contribution in [0, 0.1) is 18.3 Å². The monoisotopic (exact) mass is 268 g/mol. The molecule has 0 unspecified atom stereocenters. The minimum Gasteiger partial charge on any atom is -0.327 e. The number of fused-ring (bicyclic) bond motifs is 1. The molecule has 2 aliphatic rings. The van der Waals surface area contributed by atoms with Crippen LogP contribution in [0.15, 0.2) is 18.2 Å². The van der Waals surface area contributed by atoms with Crippen LogP contribution in [0.4, 0.5) is 5.69 Å². The summed E-state index contributed by atoms with van der Waals surface area (Å²) in [5.41, 5.74) is 2.29. The van der Waals surface area contributed by atoms with Crippen LogP contribution in [-0.2, 0) is 11.2 Å². The molecule has 0 aromatic heterocycles. The molecule has 1 aliphatic carbocycles. The highest BCUT2D eigenvalue weighted by molar-refractivity contribution is 6.01. The van der Waals surface area contributed by atoms with Crippen molar-refractivity contribution in [2.75, 3.05) is 18.4 Å². The smallest absolute Gasteiger partial charge is 0.254 e. The topological polar surface area (TPSA) is 49.4 Å². The molecule has 4 nitrogen and oxygen atoms in total. The summed E-state index contributed by atoms with van der Waals surface area (Å²) in [6, 6.07) is 5.34. The van der Waals surface area contributed by atoms with Gasteiger partial charge in [0.05, 0.1) is 13.0 Å². The zero-order valence-electron chi connectivity index (χ0n) is 11.2. The lowest BCUT2D eigenvalue weighted by Crippen LogP contribution is -2.33. The SMILES string of the molecule is C#CCN(CC1CC1)C(=O)c1ccc2c(c1)CC(=O)N2. The van der Waals surface area contributed by atoms with E-state index in [1.807, 2.05) is 0 Å². The molecule has 0 bridgehead atoms. The normalized spacial score (nSPS) is 16.2. The van der Waals surface area contributed by atoms with E-state index < -0.39 is 0 Å². The summed E-state index contributed by atoms with van der Waals surface area (Å²) >= 11 is 0. The van der Waals surface area contributed by atoms with Crippen molar-refractivity contribution in [2.45, 2.75) is 19.3 Å². The summed E-state index contributed by atoms with van der Waals surface area (Å²) in [5, 5.41) is 2.76. The van der Waals surface area contributed by atoms with Crippen molar-refractivity contribution in [3.8, 4) is 12.3 Å². The van der Waals surface area contributed by atoms with Gasteiger partial charge in [-0.1, -0.05) is 5.92 Å². The maximum Gasteiger partial charge on any atom is 0.254 e. The van der Waals surface area contributed by atoms with E-state index >= 15 is 0 Å². The molecule has 4 heteroatoms. The van der Waals surface area contributed by atoms with Crippen molar-refractivity contribution in [3.63, 3.8) is 0 Å². The summed E-state index contributed by atoms with van der Waals surface area (Å²) in [5.74, 6) is 3.08. The number of carbonyl (C=O) groups excluding carboxylic acids is 2. The number of amides is 2. The third kappa shape index (κ3) is 2.53. The van der Waals surface area contributed by atoms with E-state index in [0.29, 0.717) is 24.4 Å². The number of hydrogen-bond acceptors (Lipinski definition) is 2. The third-order valence-electron chi connectivity index (χ3n) is 3.72. The van der Waals surface area contributed by atoms with Crippen molar-refractivity contribution >= 4 is 17.5 Å². The van der Waals surface area contributed by atoms with Crippen molar-refractivity contribution in [3.05, 3.63) is 29.3 Å². The molecule has 1 saturated carbocycles. The fourth-order valence-corrected chi connectivity index (χ4v) is 2.49. The Bertz CT molecular complexity index is 611. The van der Waals surface area contributed by atoms with Crippen LogP contribution in [0.5, 0.6) is 0 Å². The minimum absolute atomic E-state index is 0.0249. The van der Waals surface area contributed by atoms with Gasteiger partial charge in [0, 0.05) is 17.8 Å². The van der Waals surface area contributed by atoms with Crippen molar-refractivity contribution in [1.29, 1.82) is 0 Å². The predicted molar refractivity (Wildman–Crippen MR) is 76.2 cm³/mol. The first-order valence-corrected chi connectivity index (χ1v) is 6.83. The maximum absolute atomic E-state index is 12.5. The molecule has 2 amide bonds. The van der Waals surface area contributed by atoms with Gasteiger partial charge < -0.3 is 10.2 Å². The first-order chi connectivity index (χ1) is 9.67. The maximum atomic E-state index is 12.5. The van der Waals surface area contributed by atoms with Crippen LogP contribution in [0.3, 0.4) is 0 Å². The number of terminal acetylenes is 1. The molecule has 0 spiro atoms. The largest absolute Gasteiger partial charge is 0.327 e. The van der Waals surface area contributed by atoms with E-state index in [-0.39, 0.29) is 11.8 Å². The average Bonchev–Trinajstić information content (AvgIpc) is 3.16. The third-order valence-corrected chi connectivity index (χ3v) is 3.72. The highest BCUT2D eigenvalue weighted by Crippen LogP contribution is 2.30. The Hall–Kier alpha value is -2.28. The summed E-state index contributed by atoms with van der Waals surface area (Å²) < 4.78 is 0. The summed E-state index contributed by atoms with van der Waals surface area (Å²) in [6.45, 7) is 1.07. The second-order valence-corrected chi connectivity index (χ2v) is 5.43. The van der Waals surface area contributed by atoms with Crippen molar-refractivity contribution in [2.24, 2.45) is 5.92 Å². The molecular weight excluding hydrogens is 252 g/mol. The second kappa shape index (κ2) is 5.01. The number of anilines is 1. The first-order valence-electron chi connectivity index (χ1n) is 6.83. The van der Waals surface area contributed by atoms with E-state index in [9.17, 15) is 9.59 Å². The molecule has 1 heterocycles. The van der Waals surface area contributed by atoms with E-state index in [4.69, 9.17) is 6.42 Å². The van der Waals surface area contributed by atoms with Gasteiger partial charge in [-0.2, -0.15) is 0 Å². The number of hydrogen-bond donors (Lipinski definition) is 1. The van der Waals surface area contributed by atoms with E-state index in [2.05, 4.69) is 11.2 Å². The van der Waals surface area contributed by atoms with Gasteiger partial charge >= 0.3 is 0 Å². The van der Waals surface area contributed by atoms with Gasteiger partial charge in [0.25, 0.3) is 5.91 Å². The van der Waals surface area contributed by atoms with Gasteiger partial charge in [-0.05, 0) is 42.5 Å². The molecular formula is C16H16N2O2. The van der Waals surface area contributed by atoms with Crippen LogP contribution in [0.2, 0.25) is 0 Å². The Labute approximate surface area is 118 Å². The van der Waals surface area contributed by atoms with Crippen LogP contribution in [0.1, 0.15) is 28.8 Å². The Balaban J connectivity index is 1.80. The molecule has 0 radical (unpaired) electrons. The Morgan fingerprint density at radius 2 is 2.25 bits per heavy atom. The number of carbonyl (C=O) groups is 2. The predicted octanol–water partition coefficient (Wildman–Crippen LogP) is 1.67. The number of nitrogens with one attached hydrogen (secondary N) is 1. The average molecular weight is 268 g/mol. The van der Waals surface area contributed by atoms with Crippen molar-refractivity contribution < 1.29 is 9.59 Å². The molecule has 1 aromatic carbocycles. The van der Waals surface area contributed by atoms with Crippen LogP contribution < -0.4 is 5.32 Å². The van der Waals surface area contributed by atoms with Crippen molar-refractivity contribution in [1.82, 2.24) is 4.90 Å². The van der Waals surface area contributed by atoms with E-state index in [0.717, 1.165) is 17.8 Å². The molecule has 102 valence electrons. The zero-order chi connectivity index (χ0) is 14.1. The lowest BCUT2D eigenvalue weighted by Gasteiger charge is -2.20. The van der Waals surface area contributed by atoms with Gasteiger partial charge in [-0.25, -0.2) is 0 Å². The molecule has 3 rings (SSSR count). The first kappa shape index (κ1) is 12.7. The zero-order valence-corrected chi connectivity index (χ0v) is 11.2. The van der Waals surface area contributed by atoms with Gasteiger partial charge in [-0.15, -0.1) is 6.42 Å². The van der Waals surface area contributed by atoms with Crippen LogP contribution in [0.25, 0.3) is 0 Å². The second-order valence-electron chi connectivity index (χ2n) is 5.43.